The summed E-state index contributed by atoms with van der Waals surface area (Å²) in [5.74, 6) is 0.00990. The van der Waals surface area contributed by atoms with Crippen LogP contribution in [0.2, 0.25) is 5.02 Å². The van der Waals surface area contributed by atoms with Gasteiger partial charge in [0.25, 0.3) is 5.22 Å². The van der Waals surface area contributed by atoms with Crippen LogP contribution in [0, 0.1) is 5.82 Å². The van der Waals surface area contributed by atoms with Crippen molar-refractivity contribution in [3.05, 3.63) is 65.3 Å². The summed E-state index contributed by atoms with van der Waals surface area (Å²) < 4.78 is 18.3. The Morgan fingerprint density at radius 2 is 1.77 bits per heavy atom. The van der Waals surface area contributed by atoms with E-state index in [-0.39, 0.29) is 17.5 Å². The lowest BCUT2D eigenvalue weighted by Gasteiger charge is -2.03. The van der Waals surface area contributed by atoms with Crippen molar-refractivity contribution in [1.82, 2.24) is 10.2 Å². The highest BCUT2D eigenvalue weighted by Gasteiger charge is 2.10. The van der Waals surface area contributed by atoms with Crippen LogP contribution in [0.1, 0.15) is 5.89 Å². The molecule has 0 unspecified atom stereocenters. The van der Waals surface area contributed by atoms with Gasteiger partial charge in [0.15, 0.2) is 0 Å². The fourth-order valence-corrected chi connectivity index (χ4v) is 2.68. The van der Waals surface area contributed by atoms with E-state index >= 15 is 0 Å². The normalized spacial score (nSPS) is 10.5. The van der Waals surface area contributed by atoms with Gasteiger partial charge in [-0.2, -0.15) is 0 Å². The van der Waals surface area contributed by atoms with Crippen LogP contribution in [0.4, 0.5) is 15.8 Å². The highest BCUT2D eigenvalue weighted by molar-refractivity contribution is 7.99. The summed E-state index contributed by atoms with van der Waals surface area (Å²) in [6.07, 6.45) is 0. The zero-order valence-corrected chi connectivity index (χ0v) is 15.0. The third kappa shape index (κ3) is 5.47. The molecule has 0 bridgehead atoms. The van der Waals surface area contributed by atoms with Crippen molar-refractivity contribution >= 4 is 40.6 Å². The molecule has 2 N–H and O–H groups in total. The number of nitrogens with one attached hydrogen (secondary N) is 2. The van der Waals surface area contributed by atoms with Gasteiger partial charge in [0.05, 0.1) is 12.3 Å². The molecule has 9 heteroatoms. The van der Waals surface area contributed by atoms with E-state index in [1.807, 2.05) is 0 Å². The highest BCUT2D eigenvalue weighted by atomic mass is 35.5. The Hall–Kier alpha value is -2.58. The molecule has 26 heavy (non-hydrogen) atoms. The van der Waals surface area contributed by atoms with Crippen molar-refractivity contribution in [3.8, 4) is 0 Å². The van der Waals surface area contributed by atoms with E-state index in [2.05, 4.69) is 20.8 Å². The van der Waals surface area contributed by atoms with E-state index in [1.165, 1.54) is 12.1 Å². The van der Waals surface area contributed by atoms with Gasteiger partial charge in [-0.1, -0.05) is 23.4 Å². The van der Waals surface area contributed by atoms with Gasteiger partial charge in [0.1, 0.15) is 5.82 Å². The van der Waals surface area contributed by atoms with Crippen molar-refractivity contribution in [2.45, 2.75) is 11.8 Å². The average molecular weight is 393 g/mol. The number of benzene rings is 2. The van der Waals surface area contributed by atoms with Gasteiger partial charge >= 0.3 is 0 Å². The number of thioether (sulfide) groups is 1. The molecule has 1 heterocycles. The van der Waals surface area contributed by atoms with E-state index in [0.29, 0.717) is 28.4 Å². The van der Waals surface area contributed by atoms with Gasteiger partial charge in [0.2, 0.25) is 11.8 Å². The number of carbonyl (C=O) groups excluding carboxylic acids is 1. The summed E-state index contributed by atoms with van der Waals surface area (Å²) in [6.45, 7) is 0.302. The summed E-state index contributed by atoms with van der Waals surface area (Å²) in [6, 6.07) is 12.8. The van der Waals surface area contributed by atoms with Gasteiger partial charge in [0, 0.05) is 16.4 Å². The largest absolute Gasteiger partial charge is 0.414 e. The van der Waals surface area contributed by atoms with Crippen LogP contribution in [-0.4, -0.2) is 21.9 Å². The number of hydrogen-bond donors (Lipinski definition) is 2. The maximum atomic E-state index is 12.8. The van der Waals surface area contributed by atoms with Gasteiger partial charge in [-0.05, 0) is 48.5 Å². The number of anilines is 2. The predicted molar refractivity (Wildman–Crippen MR) is 98.8 cm³/mol. The van der Waals surface area contributed by atoms with Crippen LogP contribution in [0.5, 0.6) is 0 Å². The quantitative estimate of drug-likeness (QED) is 0.586. The topological polar surface area (TPSA) is 80.1 Å². The molecule has 1 aromatic heterocycles. The number of amides is 1. The lowest BCUT2D eigenvalue weighted by atomic mass is 10.3. The molecular weight excluding hydrogens is 379 g/mol. The number of carbonyl (C=O) groups is 1. The molecule has 0 aliphatic carbocycles. The Morgan fingerprint density at radius 3 is 2.50 bits per heavy atom. The molecule has 3 aromatic rings. The number of hydrogen-bond acceptors (Lipinski definition) is 6. The molecule has 1 amide bonds. The van der Waals surface area contributed by atoms with Crippen molar-refractivity contribution in [2.24, 2.45) is 0 Å². The monoisotopic (exact) mass is 392 g/mol. The zero-order valence-electron chi connectivity index (χ0n) is 13.4. The number of aromatic nitrogens is 2. The summed E-state index contributed by atoms with van der Waals surface area (Å²) in [5, 5.41) is 14.5. The van der Waals surface area contributed by atoms with Gasteiger partial charge in [-0.3, -0.25) is 4.79 Å². The standard InChI is InChI=1S/C17H14ClFN4O2S/c18-11-1-5-14(6-2-11)21-15(24)10-26-17-23-22-16(25-17)9-20-13-7-3-12(19)4-8-13/h1-8,20H,9-10H2,(H,21,24). The van der Waals surface area contributed by atoms with Crippen LogP contribution in [0.25, 0.3) is 0 Å². The second-order valence-electron chi connectivity index (χ2n) is 5.17. The Labute approximate surface area is 158 Å². The number of nitrogens with zero attached hydrogens (tertiary/aromatic N) is 2. The zero-order chi connectivity index (χ0) is 18.4. The third-order valence-corrected chi connectivity index (χ3v) is 4.26. The Bertz CT molecular complexity index is 871. The van der Waals surface area contributed by atoms with Gasteiger partial charge < -0.3 is 15.1 Å². The molecule has 0 saturated carbocycles. The summed E-state index contributed by atoms with van der Waals surface area (Å²) in [4.78, 5) is 11.9. The number of halogens is 2. The van der Waals surface area contributed by atoms with E-state index in [4.69, 9.17) is 16.0 Å². The highest BCUT2D eigenvalue weighted by Crippen LogP contribution is 2.18. The molecule has 0 fully saturated rings. The minimum atomic E-state index is -0.302. The number of rotatable bonds is 7. The van der Waals surface area contributed by atoms with Crippen LogP contribution < -0.4 is 10.6 Å². The minimum absolute atomic E-state index is 0.135. The first kappa shape index (κ1) is 18.2. The minimum Gasteiger partial charge on any atom is -0.414 e. The van der Waals surface area contributed by atoms with Crippen LogP contribution in [0.3, 0.4) is 0 Å². The SMILES string of the molecule is O=C(CSc1nnc(CNc2ccc(F)cc2)o1)Nc1ccc(Cl)cc1. The summed E-state index contributed by atoms with van der Waals surface area (Å²) in [5.41, 5.74) is 1.40. The van der Waals surface area contributed by atoms with Crippen LogP contribution in [0.15, 0.2) is 58.2 Å². The Kier molecular flexibility index (Phi) is 6.08. The van der Waals surface area contributed by atoms with Crippen molar-refractivity contribution in [3.63, 3.8) is 0 Å². The molecule has 3 rings (SSSR count). The smallest absolute Gasteiger partial charge is 0.277 e. The van der Waals surface area contributed by atoms with E-state index in [1.54, 1.807) is 36.4 Å². The first-order valence-corrected chi connectivity index (χ1v) is 8.95. The first-order valence-electron chi connectivity index (χ1n) is 7.58. The van der Waals surface area contributed by atoms with Gasteiger partial charge in [-0.15, -0.1) is 10.2 Å². The molecule has 6 nitrogen and oxygen atoms in total. The molecule has 0 aliphatic rings. The fourth-order valence-electron chi connectivity index (χ4n) is 1.97. The summed E-state index contributed by atoms with van der Waals surface area (Å²) in [7, 11) is 0. The molecule has 134 valence electrons. The van der Waals surface area contributed by atoms with Gasteiger partial charge in [-0.25, -0.2) is 4.39 Å². The molecule has 0 saturated heterocycles. The van der Waals surface area contributed by atoms with Crippen molar-refractivity contribution in [2.75, 3.05) is 16.4 Å². The molecule has 0 aliphatic heterocycles. The van der Waals surface area contributed by atoms with E-state index < -0.39 is 0 Å². The second kappa shape index (κ2) is 8.68. The predicted octanol–water partition coefficient (Wildman–Crippen LogP) is 4.21. The maximum Gasteiger partial charge on any atom is 0.277 e. The van der Waals surface area contributed by atoms with E-state index in [9.17, 15) is 9.18 Å². The van der Waals surface area contributed by atoms with Crippen molar-refractivity contribution in [1.29, 1.82) is 0 Å². The Morgan fingerprint density at radius 1 is 1.08 bits per heavy atom. The van der Waals surface area contributed by atoms with Crippen LogP contribution in [-0.2, 0) is 11.3 Å². The molecular formula is C17H14ClFN4O2S. The first-order chi connectivity index (χ1) is 12.6. The lowest BCUT2D eigenvalue weighted by Crippen LogP contribution is -2.13. The molecule has 0 radical (unpaired) electrons. The molecule has 0 atom stereocenters. The Balaban J connectivity index is 1.45. The lowest BCUT2D eigenvalue weighted by molar-refractivity contribution is -0.113. The van der Waals surface area contributed by atoms with Crippen molar-refractivity contribution < 1.29 is 13.6 Å². The average Bonchev–Trinajstić information content (AvgIpc) is 3.09. The second-order valence-corrected chi connectivity index (χ2v) is 6.53. The maximum absolute atomic E-state index is 12.8. The fraction of sp³-hybridized carbons (Fsp3) is 0.118. The molecule has 0 spiro atoms. The summed E-state index contributed by atoms with van der Waals surface area (Å²) >= 11 is 6.94. The van der Waals surface area contributed by atoms with Crippen LogP contribution >= 0.6 is 23.4 Å². The van der Waals surface area contributed by atoms with E-state index in [0.717, 1.165) is 17.4 Å². The third-order valence-electron chi connectivity index (χ3n) is 3.19. The molecule has 2 aromatic carbocycles.